The van der Waals surface area contributed by atoms with Gasteiger partial charge in [0.25, 0.3) is 0 Å². The lowest BCUT2D eigenvalue weighted by atomic mass is 9.99. The summed E-state index contributed by atoms with van der Waals surface area (Å²) in [7, 11) is 1.82. The van der Waals surface area contributed by atoms with Crippen LogP contribution in [0.25, 0.3) is 0 Å². The average molecular weight is 306 g/mol. The summed E-state index contributed by atoms with van der Waals surface area (Å²) in [6.45, 7) is 8.71. The normalized spacial score (nSPS) is 17.6. The van der Waals surface area contributed by atoms with Crippen LogP contribution in [0.15, 0.2) is 23.5 Å². The van der Waals surface area contributed by atoms with E-state index in [4.69, 9.17) is 0 Å². The van der Waals surface area contributed by atoms with Crippen molar-refractivity contribution in [3.05, 3.63) is 18.5 Å². The highest BCUT2D eigenvalue weighted by atomic mass is 15.3. The molecule has 22 heavy (non-hydrogen) atoms. The minimum Gasteiger partial charge on any atom is -0.356 e. The monoisotopic (exact) mass is 306 g/mol. The number of aromatic nitrogens is 2. The van der Waals surface area contributed by atoms with Crippen LogP contribution in [0.1, 0.15) is 26.2 Å². The quantitative estimate of drug-likeness (QED) is 0.451. The number of likely N-dealkylation sites (tertiary alicyclic amines) is 1. The first-order chi connectivity index (χ1) is 10.8. The van der Waals surface area contributed by atoms with E-state index in [1.807, 2.05) is 30.2 Å². The lowest BCUT2D eigenvalue weighted by Gasteiger charge is -2.30. The zero-order valence-corrected chi connectivity index (χ0v) is 14.0. The molecule has 1 saturated heterocycles. The van der Waals surface area contributed by atoms with E-state index < -0.39 is 0 Å². The van der Waals surface area contributed by atoms with Crippen LogP contribution in [-0.4, -0.2) is 60.4 Å². The van der Waals surface area contributed by atoms with Gasteiger partial charge in [0.05, 0.1) is 0 Å². The van der Waals surface area contributed by atoms with Crippen LogP contribution in [0.2, 0.25) is 0 Å². The SMILES string of the molecule is CN=C(NCCCn1cccn1)NCCN1CCC(C)CC1. The summed E-state index contributed by atoms with van der Waals surface area (Å²) < 4.78 is 1.95. The summed E-state index contributed by atoms with van der Waals surface area (Å²) in [6.07, 6.45) is 7.51. The van der Waals surface area contributed by atoms with E-state index in [9.17, 15) is 0 Å². The summed E-state index contributed by atoms with van der Waals surface area (Å²) in [6, 6.07) is 1.95. The predicted octanol–water partition coefficient (Wildman–Crippen LogP) is 1.17. The van der Waals surface area contributed by atoms with E-state index in [2.05, 4.69) is 32.5 Å². The van der Waals surface area contributed by atoms with Crippen LogP contribution in [0.5, 0.6) is 0 Å². The molecule has 1 fully saturated rings. The van der Waals surface area contributed by atoms with Crippen molar-refractivity contribution in [3.63, 3.8) is 0 Å². The lowest BCUT2D eigenvalue weighted by molar-refractivity contribution is 0.195. The van der Waals surface area contributed by atoms with Crippen LogP contribution in [0.3, 0.4) is 0 Å². The Kier molecular flexibility index (Phi) is 7.22. The molecule has 6 nitrogen and oxygen atoms in total. The van der Waals surface area contributed by atoms with Crippen LogP contribution >= 0.6 is 0 Å². The number of aryl methyl sites for hydroxylation is 1. The Labute approximate surface area is 134 Å². The molecular weight excluding hydrogens is 276 g/mol. The van der Waals surface area contributed by atoms with E-state index in [0.717, 1.165) is 44.5 Å². The van der Waals surface area contributed by atoms with Gasteiger partial charge in [0, 0.05) is 45.6 Å². The summed E-state index contributed by atoms with van der Waals surface area (Å²) in [5, 5.41) is 10.9. The van der Waals surface area contributed by atoms with Crippen molar-refractivity contribution in [1.29, 1.82) is 0 Å². The molecule has 0 bridgehead atoms. The zero-order valence-electron chi connectivity index (χ0n) is 14.0. The van der Waals surface area contributed by atoms with Crippen molar-refractivity contribution >= 4 is 5.96 Å². The molecule has 2 heterocycles. The third kappa shape index (κ3) is 6.05. The Morgan fingerprint density at radius 1 is 1.23 bits per heavy atom. The van der Waals surface area contributed by atoms with Gasteiger partial charge in [0.15, 0.2) is 5.96 Å². The fraction of sp³-hybridized carbons (Fsp3) is 0.750. The largest absolute Gasteiger partial charge is 0.356 e. The van der Waals surface area contributed by atoms with Crippen molar-refractivity contribution in [1.82, 2.24) is 25.3 Å². The average Bonchev–Trinajstić information content (AvgIpc) is 3.05. The van der Waals surface area contributed by atoms with Gasteiger partial charge in [-0.2, -0.15) is 5.10 Å². The number of guanidine groups is 1. The second-order valence-corrected chi connectivity index (χ2v) is 6.07. The molecule has 0 radical (unpaired) electrons. The van der Waals surface area contributed by atoms with Gasteiger partial charge in [-0.15, -0.1) is 0 Å². The van der Waals surface area contributed by atoms with Crippen molar-refractivity contribution < 1.29 is 0 Å². The van der Waals surface area contributed by atoms with Gasteiger partial charge >= 0.3 is 0 Å². The summed E-state index contributed by atoms with van der Waals surface area (Å²) in [5.41, 5.74) is 0. The zero-order chi connectivity index (χ0) is 15.6. The summed E-state index contributed by atoms with van der Waals surface area (Å²) >= 11 is 0. The van der Waals surface area contributed by atoms with Crippen molar-refractivity contribution in [2.45, 2.75) is 32.7 Å². The maximum absolute atomic E-state index is 4.27. The van der Waals surface area contributed by atoms with E-state index in [-0.39, 0.29) is 0 Å². The minimum atomic E-state index is 0.894. The molecule has 0 spiro atoms. The van der Waals surface area contributed by atoms with Gasteiger partial charge < -0.3 is 15.5 Å². The number of nitrogens with one attached hydrogen (secondary N) is 2. The Hall–Kier alpha value is -1.56. The molecule has 0 amide bonds. The Bertz CT molecular complexity index is 420. The van der Waals surface area contributed by atoms with Gasteiger partial charge in [0.1, 0.15) is 0 Å². The minimum absolute atomic E-state index is 0.894. The first kappa shape index (κ1) is 16.8. The van der Waals surface area contributed by atoms with Crippen LogP contribution < -0.4 is 10.6 Å². The van der Waals surface area contributed by atoms with E-state index in [0.29, 0.717) is 0 Å². The molecule has 0 unspecified atom stereocenters. The summed E-state index contributed by atoms with van der Waals surface area (Å²) in [4.78, 5) is 6.81. The van der Waals surface area contributed by atoms with Gasteiger partial charge in [0.2, 0.25) is 0 Å². The van der Waals surface area contributed by atoms with Gasteiger partial charge in [-0.3, -0.25) is 9.67 Å². The molecule has 0 aliphatic carbocycles. The van der Waals surface area contributed by atoms with E-state index in [1.54, 1.807) is 0 Å². The molecule has 2 rings (SSSR count). The second kappa shape index (κ2) is 9.46. The maximum atomic E-state index is 4.27. The number of piperidine rings is 1. The fourth-order valence-corrected chi connectivity index (χ4v) is 2.72. The number of aliphatic imine (C=N–C) groups is 1. The molecule has 1 aliphatic heterocycles. The Morgan fingerprint density at radius 2 is 2.00 bits per heavy atom. The molecule has 1 aromatic heterocycles. The number of nitrogens with zero attached hydrogens (tertiary/aromatic N) is 4. The first-order valence-electron chi connectivity index (χ1n) is 8.42. The molecular formula is C16H30N6. The van der Waals surface area contributed by atoms with Crippen LogP contribution in [0.4, 0.5) is 0 Å². The fourth-order valence-electron chi connectivity index (χ4n) is 2.72. The topological polar surface area (TPSA) is 57.5 Å². The molecule has 0 atom stereocenters. The molecule has 1 aromatic rings. The number of hydrogen-bond donors (Lipinski definition) is 2. The second-order valence-electron chi connectivity index (χ2n) is 6.07. The Balaban J connectivity index is 1.53. The molecule has 2 N–H and O–H groups in total. The number of rotatable bonds is 7. The third-order valence-corrected chi connectivity index (χ3v) is 4.24. The van der Waals surface area contributed by atoms with Gasteiger partial charge in [-0.1, -0.05) is 6.92 Å². The molecule has 1 aliphatic rings. The van der Waals surface area contributed by atoms with Gasteiger partial charge in [-0.25, -0.2) is 0 Å². The lowest BCUT2D eigenvalue weighted by Crippen LogP contribution is -2.43. The molecule has 0 aromatic carbocycles. The van der Waals surface area contributed by atoms with Crippen LogP contribution in [0, 0.1) is 5.92 Å². The smallest absolute Gasteiger partial charge is 0.191 e. The Morgan fingerprint density at radius 3 is 2.68 bits per heavy atom. The van der Waals surface area contributed by atoms with E-state index >= 15 is 0 Å². The highest BCUT2D eigenvalue weighted by Crippen LogP contribution is 2.14. The van der Waals surface area contributed by atoms with Crippen molar-refractivity contribution in [3.8, 4) is 0 Å². The first-order valence-corrected chi connectivity index (χ1v) is 8.42. The number of hydrogen-bond acceptors (Lipinski definition) is 3. The highest BCUT2D eigenvalue weighted by Gasteiger charge is 2.14. The predicted molar refractivity (Wildman–Crippen MR) is 91.0 cm³/mol. The third-order valence-electron chi connectivity index (χ3n) is 4.24. The maximum Gasteiger partial charge on any atom is 0.191 e. The molecule has 124 valence electrons. The molecule has 0 saturated carbocycles. The summed E-state index contributed by atoms with van der Waals surface area (Å²) in [5.74, 6) is 1.79. The van der Waals surface area contributed by atoms with Crippen LogP contribution in [-0.2, 0) is 6.54 Å². The van der Waals surface area contributed by atoms with E-state index in [1.165, 1.54) is 25.9 Å². The van der Waals surface area contributed by atoms with Gasteiger partial charge in [-0.05, 0) is 44.3 Å². The molecule has 6 heteroatoms. The van der Waals surface area contributed by atoms with Crippen molar-refractivity contribution in [2.75, 3.05) is 39.8 Å². The standard InChI is InChI=1S/C16H30N6/c1-15-5-12-21(13-6-15)14-9-19-16(17-2)18-7-3-10-22-11-4-8-20-22/h4,8,11,15H,3,5-7,9-10,12-14H2,1-2H3,(H2,17,18,19). The van der Waals surface area contributed by atoms with Crippen molar-refractivity contribution in [2.24, 2.45) is 10.9 Å². The highest BCUT2D eigenvalue weighted by molar-refractivity contribution is 5.79.